The Morgan fingerprint density at radius 2 is 2.33 bits per heavy atom. The molecule has 0 aromatic heterocycles. The van der Waals surface area contributed by atoms with Crippen LogP contribution < -0.4 is 10.6 Å². The minimum Gasteiger partial charge on any atom is -0.508 e. The van der Waals surface area contributed by atoms with E-state index in [1.54, 1.807) is 24.3 Å². The van der Waals surface area contributed by atoms with Crippen LogP contribution in [0.15, 0.2) is 24.3 Å². The molecule has 100 valence electrons. The van der Waals surface area contributed by atoms with Gasteiger partial charge in [-0.2, -0.15) is 0 Å². The monoisotopic (exact) mass is 270 g/mol. The van der Waals surface area contributed by atoms with Gasteiger partial charge in [0.1, 0.15) is 5.75 Å². The smallest absolute Gasteiger partial charge is 0.244 e. The lowest BCUT2D eigenvalue weighted by Crippen LogP contribution is -2.50. The molecule has 4 nitrogen and oxygen atoms in total. The third-order valence-electron chi connectivity index (χ3n) is 3.39. The number of aromatic hydroxyl groups is 1. The van der Waals surface area contributed by atoms with Crippen LogP contribution in [0.5, 0.6) is 5.75 Å². The molecule has 1 atom stereocenters. The first-order valence-corrected chi connectivity index (χ1v) is 6.02. The minimum atomic E-state index is -0.439. The SMILES string of the molecule is CCC1(C(=O)Nc2cccc(O)c2)CCCN1.Cl. The molecule has 0 radical (unpaired) electrons. The number of rotatable bonds is 3. The van der Waals surface area contributed by atoms with Crippen molar-refractivity contribution in [3.8, 4) is 5.75 Å². The number of halogens is 1. The molecule has 0 aliphatic carbocycles. The zero-order chi connectivity index (χ0) is 12.3. The van der Waals surface area contributed by atoms with Gasteiger partial charge in [-0.1, -0.05) is 13.0 Å². The molecule has 0 saturated carbocycles. The number of phenols is 1. The first-order valence-electron chi connectivity index (χ1n) is 6.02. The van der Waals surface area contributed by atoms with Crippen LogP contribution >= 0.6 is 12.4 Å². The number of carbonyl (C=O) groups is 1. The topological polar surface area (TPSA) is 61.4 Å². The fourth-order valence-electron chi connectivity index (χ4n) is 2.30. The largest absolute Gasteiger partial charge is 0.508 e. The molecular weight excluding hydrogens is 252 g/mol. The first-order chi connectivity index (χ1) is 8.16. The average Bonchev–Trinajstić information content (AvgIpc) is 2.78. The summed E-state index contributed by atoms with van der Waals surface area (Å²) < 4.78 is 0. The van der Waals surface area contributed by atoms with Crippen molar-refractivity contribution >= 4 is 24.0 Å². The van der Waals surface area contributed by atoms with E-state index in [9.17, 15) is 9.90 Å². The minimum absolute atomic E-state index is 0. The van der Waals surface area contributed by atoms with Crippen molar-refractivity contribution in [3.05, 3.63) is 24.3 Å². The Kier molecular flexibility index (Phi) is 4.99. The average molecular weight is 271 g/mol. The second kappa shape index (κ2) is 6.07. The Morgan fingerprint density at radius 3 is 2.89 bits per heavy atom. The predicted octanol–water partition coefficient (Wildman–Crippen LogP) is 2.28. The van der Waals surface area contributed by atoms with Crippen molar-refractivity contribution < 1.29 is 9.90 Å². The van der Waals surface area contributed by atoms with E-state index in [0.717, 1.165) is 25.8 Å². The quantitative estimate of drug-likeness (QED) is 0.790. The number of amides is 1. The molecule has 2 rings (SSSR count). The summed E-state index contributed by atoms with van der Waals surface area (Å²) in [6, 6.07) is 6.62. The van der Waals surface area contributed by atoms with E-state index in [2.05, 4.69) is 10.6 Å². The van der Waals surface area contributed by atoms with Gasteiger partial charge in [0.15, 0.2) is 0 Å². The Morgan fingerprint density at radius 1 is 1.56 bits per heavy atom. The third-order valence-corrected chi connectivity index (χ3v) is 3.39. The van der Waals surface area contributed by atoms with E-state index in [0.29, 0.717) is 5.69 Å². The molecule has 1 heterocycles. The number of benzene rings is 1. The maximum atomic E-state index is 12.2. The Labute approximate surface area is 113 Å². The van der Waals surface area contributed by atoms with Gasteiger partial charge >= 0.3 is 0 Å². The van der Waals surface area contributed by atoms with Gasteiger partial charge in [-0.05, 0) is 37.9 Å². The van der Waals surface area contributed by atoms with Gasteiger partial charge in [0.2, 0.25) is 5.91 Å². The summed E-state index contributed by atoms with van der Waals surface area (Å²) >= 11 is 0. The number of anilines is 1. The number of carbonyl (C=O) groups excluding carboxylic acids is 1. The fraction of sp³-hybridized carbons (Fsp3) is 0.462. The fourth-order valence-corrected chi connectivity index (χ4v) is 2.30. The normalized spacial score (nSPS) is 22.3. The molecule has 3 N–H and O–H groups in total. The summed E-state index contributed by atoms with van der Waals surface area (Å²) in [7, 11) is 0. The van der Waals surface area contributed by atoms with Crippen molar-refractivity contribution in [2.75, 3.05) is 11.9 Å². The number of nitrogens with one attached hydrogen (secondary N) is 2. The van der Waals surface area contributed by atoms with Crippen molar-refractivity contribution in [3.63, 3.8) is 0 Å². The van der Waals surface area contributed by atoms with Gasteiger partial charge < -0.3 is 15.7 Å². The van der Waals surface area contributed by atoms with E-state index in [-0.39, 0.29) is 24.1 Å². The van der Waals surface area contributed by atoms with Crippen LogP contribution in [0.3, 0.4) is 0 Å². The lowest BCUT2D eigenvalue weighted by Gasteiger charge is -2.26. The van der Waals surface area contributed by atoms with Gasteiger partial charge in [0.05, 0.1) is 5.54 Å². The second-order valence-electron chi connectivity index (χ2n) is 4.47. The Balaban J connectivity index is 0.00000162. The standard InChI is InChI=1S/C13H18N2O2.ClH/c1-2-13(7-4-8-14-13)12(17)15-10-5-3-6-11(16)9-10;/h3,5-6,9,14,16H,2,4,7-8H2,1H3,(H,15,17);1H. The van der Waals surface area contributed by atoms with E-state index >= 15 is 0 Å². The molecule has 1 amide bonds. The highest BCUT2D eigenvalue weighted by Crippen LogP contribution is 2.25. The van der Waals surface area contributed by atoms with Crippen LogP contribution in [0, 0.1) is 0 Å². The summed E-state index contributed by atoms with van der Waals surface area (Å²) in [5.41, 5.74) is 0.197. The van der Waals surface area contributed by atoms with Gasteiger partial charge in [-0.3, -0.25) is 4.79 Å². The molecule has 5 heteroatoms. The van der Waals surface area contributed by atoms with E-state index in [4.69, 9.17) is 0 Å². The number of hydrogen-bond donors (Lipinski definition) is 3. The van der Waals surface area contributed by atoms with E-state index in [1.807, 2.05) is 6.92 Å². The highest BCUT2D eigenvalue weighted by Gasteiger charge is 2.38. The predicted molar refractivity (Wildman–Crippen MR) is 74.2 cm³/mol. The lowest BCUT2D eigenvalue weighted by atomic mass is 9.93. The van der Waals surface area contributed by atoms with Crippen LogP contribution in [0.4, 0.5) is 5.69 Å². The highest BCUT2D eigenvalue weighted by molar-refractivity contribution is 5.98. The van der Waals surface area contributed by atoms with Crippen LogP contribution in [-0.2, 0) is 4.79 Å². The molecule has 1 saturated heterocycles. The van der Waals surface area contributed by atoms with E-state index < -0.39 is 5.54 Å². The lowest BCUT2D eigenvalue weighted by molar-refractivity contribution is -0.122. The van der Waals surface area contributed by atoms with Crippen LogP contribution in [-0.4, -0.2) is 23.1 Å². The zero-order valence-corrected chi connectivity index (χ0v) is 11.2. The van der Waals surface area contributed by atoms with Crippen molar-refractivity contribution in [1.29, 1.82) is 0 Å². The highest BCUT2D eigenvalue weighted by atomic mass is 35.5. The second-order valence-corrected chi connectivity index (χ2v) is 4.47. The zero-order valence-electron chi connectivity index (χ0n) is 10.4. The maximum Gasteiger partial charge on any atom is 0.244 e. The summed E-state index contributed by atoms with van der Waals surface area (Å²) in [4.78, 5) is 12.2. The molecule has 1 aliphatic heterocycles. The molecule has 1 aromatic rings. The number of phenolic OH excluding ortho intramolecular Hbond substituents is 1. The maximum absolute atomic E-state index is 12.2. The Hall–Kier alpha value is -1.26. The number of hydrogen-bond acceptors (Lipinski definition) is 3. The van der Waals surface area contributed by atoms with Gasteiger partial charge in [-0.15, -0.1) is 12.4 Å². The van der Waals surface area contributed by atoms with Crippen molar-refractivity contribution in [2.24, 2.45) is 0 Å². The summed E-state index contributed by atoms with van der Waals surface area (Å²) in [6.45, 7) is 2.90. The summed E-state index contributed by atoms with van der Waals surface area (Å²) in [6.07, 6.45) is 2.67. The summed E-state index contributed by atoms with van der Waals surface area (Å²) in [5, 5.41) is 15.5. The van der Waals surface area contributed by atoms with Crippen LogP contribution in [0.2, 0.25) is 0 Å². The van der Waals surface area contributed by atoms with Crippen LogP contribution in [0.1, 0.15) is 26.2 Å². The summed E-state index contributed by atoms with van der Waals surface area (Å²) in [5.74, 6) is 0.149. The molecule has 18 heavy (non-hydrogen) atoms. The van der Waals surface area contributed by atoms with Gasteiger partial charge in [0.25, 0.3) is 0 Å². The molecule has 1 aliphatic rings. The van der Waals surface area contributed by atoms with Gasteiger partial charge in [-0.25, -0.2) is 0 Å². The molecule has 0 spiro atoms. The molecule has 0 bridgehead atoms. The van der Waals surface area contributed by atoms with Crippen LogP contribution in [0.25, 0.3) is 0 Å². The van der Waals surface area contributed by atoms with Crippen molar-refractivity contribution in [1.82, 2.24) is 5.32 Å². The molecule has 1 fully saturated rings. The molecule has 1 aromatic carbocycles. The molecular formula is C13H19ClN2O2. The van der Waals surface area contributed by atoms with Crippen molar-refractivity contribution in [2.45, 2.75) is 31.7 Å². The first kappa shape index (κ1) is 14.8. The molecule has 1 unspecified atom stereocenters. The third kappa shape index (κ3) is 2.94. The van der Waals surface area contributed by atoms with E-state index in [1.165, 1.54) is 0 Å². The van der Waals surface area contributed by atoms with Gasteiger partial charge in [0, 0.05) is 11.8 Å². The Bertz CT molecular complexity index is 417.